The number of rotatable bonds is 5. The predicted molar refractivity (Wildman–Crippen MR) is 78.7 cm³/mol. The number of hydrogen-bond acceptors (Lipinski definition) is 4. The Morgan fingerprint density at radius 2 is 1.95 bits per heavy atom. The van der Waals surface area contributed by atoms with Crippen LogP contribution in [-0.4, -0.2) is 46.1 Å². The summed E-state index contributed by atoms with van der Waals surface area (Å²) in [6.07, 6.45) is 0. The van der Waals surface area contributed by atoms with Gasteiger partial charge in [-0.3, -0.25) is 0 Å². The molecule has 0 heterocycles. The van der Waals surface area contributed by atoms with E-state index >= 15 is 0 Å². The molecule has 1 atom stereocenters. The molecule has 1 unspecified atom stereocenters. The van der Waals surface area contributed by atoms with E-state index in [0.717, 1.165) is 5.56 Å². The minimum atomic E-state index is -3.52. The summed E-state index contributed by atoms with van der Waals surface area (Å²) in [5.41, 5.74) is 6.03. The van der Waals surface area contributed by atoms with Gasteiger partial charge in [0.05, 0.1) is 18.0 Å². The molecule has 6 heteroatoms. The van der Waals surface area contributed by atoms with Crippen LogP contribution in [0.15, 0.2) is 29.2 Å². The minimum Gasteiger partial charge on any atom is -0.383 e. The van der Waals surface area contributed by atoms with Crippen LogP contribution in [0.25, 0.3) is 0 Å². The van der Waals surface area contributed by atoms with Crippen molar-refractivity contribution >= 4 is 10.0 Å². The van der Waals surface area contributed by atoms with Crippen LogP contribution in [0.5, 0.6) is 0 Å². The van der Waals surface area contributed by atoms with Crippen LogP contribution in [-0.2, 0) is 14.8 Å². The summed E-state index contributed by atoms with van der Waals surface area (Å²) in [4.78, 5) is 0.237. The highest BCUT2D eigenvalue weighted by Gasteiger charge is 2.25. The van der Waals surface area contributed by atoms with Crippen LogP contribution in [0.4, 0.5) is 0 Å². The van der Waals surface area contributed by atoms with Gasteiger partial charge >= 0.3 is 0 Å². The number of sulfonamides is 1. The van der Waals surface area contributed by atoms with E-state index in [4.69, 9.17) is 10.5 Å². The van der Waals surface area contributed by atoms with E-state index in [-0.39, 0.29) is 17.5 Å². The van der Waals surface area contributed by atoms with E-state index in [9.17, 15) is 8.42 Å². The Morgan fingerprint density at radius 1 is 1.35 bits per heavy atom. The van der Waals surface area contributed by atoms with Crippen LogP contribution in [0.2, 0.25) is 0 Å². The van der Waals surface area contributed by atoms with Gasteiger partial charge in [0.1, 0.15) is 0 Å². The van der Waals surface area contributed by atoms with E-state index in [1.54, 1.807) is 45.3 Å². The van der Waals surface area contributed by atoms with Crippen molar-refractivity contribution < 1.29 is 13.2 Å². The number of methoxy groups -OCH3 is 1. The van der Waals surface area contributed by atoms with Gasteiger partial charge in [-0.15, -0.1) is 0 Å². The number of ether oxygens (including phenoxy) is 1. The molecule has 0 aliphatic rings. The van der Waals surface area contributed by atoms with Gasteiger partial charge in [0.15, 0.2) is 0 Å². The van der Waals surface area contributed by atoms with Gasteiger partial charge in [-0.05, 0) is 31.2 Å². The summed E-state index contributed by atoms with van der Waals surface area (Å²) in [6, 6.07) is 6.20. The number of nitrogens with two attached hydrogens (primary N) is 1. The lowest BCUT2D eigenvalue weighted by Crippen LogP contribution is -2.37. The monoisotopic (exact) mass is 296 g/mol. The van der Waals surface area contributed by atoms with E-state index in [1.807, 2.05) is 0 Å². The van der Waals surface area contributed by atoms with Gasteiger partial charge in [0.25, 0.3) is 0 Å². The Labute approximate surface area is 120 Å². The first-order chi connectivity index (χ1) is 9.43. The van der Waals surface area contributed by atoms with Crippen LogP contribution in [0, 0.1) is 11.8 Å². The van der Waals surface area contributed by atoms with Crippen molar-refractivity contribution in [1.29, 1.82) is 0 Å². The molecule has 20 heavy (non-hydrogen) atoms. The first-order valence-corrected chi connectivity index (χ1v) is 7.63. The van der Waals surface area contributed by atoms with Gasteiger partial charge in [-0.1, -0.05) is 11.8 Å². The lowest BCUT2D eigenvalue weighted by atomic mass is 10.2. The first kappa shape index (κ1) is 16.7. The van der Waals surface area contributed by atoms with E-state index in [0.29, 0.717) is 6.61 Å². The lowest BCUT2D eigenvalue weighted by molar-refractivity contribution is 0.149. The molecule has 0 radical (unpaired) electrons. The Morgan fingerprint density at radius 3 is 2.45 bits per heavy atom. The first-order valence-electron chi connectivity index (χ1n) is 6.19. The topological polar surface area (TPSA) is 72.6 Å². The quantitative estimate of drug-likeness (QED) is 0.810. The van der Waals surface area contributed by atoms with Gasteiger partial charge in [-0.25, -0.2) is 8.42 Å². The summed E-state index contributed by atoms with van der Waals surface area (Å²) in [7, 11) is -0.431. The van der Waals surface area contributed by atoms with Gasteiger partial charge in [0.2, 0.25) is 10.0 Å². The fraction of sp³-hybridized carbons (Fsp3) is 0.429. The zero-order valence-corrected chi connectivity index (χ0v) is 12.8. The van der Waals surface area contributed by atoms with Gasteiger partial charge < -0.3 is 10.5 Å². The average Bonchev–Trinajstić information content (AvgIpc) is 2.45. The van der Waals surface area contributed by atoms with Crippen LogP contribution in [0.1, 0.15) is 12.5 Å². The lowest BCUT2D eigenvalue weighted by Gasteiger charge is -2.23. The minimum absolute atomic E-state index is 0.235. The second-order valence-electron chi connectivity index (χ2n) is 4.36. The summed E-state index contributed by atoms with van der Waals surface area (Å²) in [5, 5.41) is 0. The predicted octanol–water partition coefficient (Wildman–Crippen LogP) is 0.652. The maximum Gasteiger partial charge on any atom is 0.243 e. The number of likely N-dealkylation sites (N-methyl/N-ethyl adjacent to an activating group) is 1. The molecule has 1 rings (SSSR count). The van der Waals surface area contributed by atoms with Crippen molar-refractivity contribution in [2.45, 2.75) is 17.9 Å². The summed E-state index contributed by atoms with van der Waals surface area (Å²) < 4.78 is 31.1. The van der Waals surface area contributed by atoms with Crippen LogP contribution >= 0.6 is 0 Å². The van der Waals surface area contributed by atoms with Crippen molar-refractivity contribution in [3.05, 3.63) is 29.8 Å². The standard InChI is InChI=1S/C14H20N2O3S/c1-12(11-19-3)16(2)20(17,18)14-8-6-13(7-9-14)5-4-10-15/h6-9,12H,10-11,15H2,1-3H3. The molecular weight excluding hydrogens is 276 g/mol. The average molecular weight is 296 g/mol. The van der Waals surface area contributed by atoms with Crippen molar-refractivity contribution in [1.82, 2.24) is 4.31 Å². The van der Waals surface area contributed by atoms with E-state index in [2.05, 4.69) is 11.8 Å². The molecule has 5 nitrogen and oxygen atoms in total. The zero-order valence-electron chi connectivity index (χ0n) is 12.0. The second kappa shape index (κ2) is 7.41. The second-order valence-corrected chi connectivity index (χ2v) is 6.35. The molecule has 0 aliphatic heterocycles. The number of benzene rings is 1. The summed E-state index contributed by atoms with van der Waals surface area (Å²) in [5.74, 6) is 5.57. The third-order valence-corrected chi connectivity index (χ3v) is 4.88. The molecule has 0 spiro atoms. The highest BCUT2D eigenvalue weighted by molar-refractivity contribution is 7.89. The molecule has 0 bridgehead atoms. The fourth-order valence-corrected chi connectivity index (χ4v) is 2.96. The van der Waals surface area contributed by atoms with Crippen molar-refractivity contribution in [3.63, 3.8) is 0 Å². The Bertz CT molecular complexity index is 585. The largest absolute Gasteiger partial charge is 0.383 e. The molecule has 110 valence electrons. The highest BCUT2D eigenvalue weighted by Crippen LogP contribution is 2.17. The SMILES string of the molecule is COCC(C)N(C)S(=O)(=O)c1ccc(C#CCN)cc1. The van der Waals surface area contributed by atoms with E-state index < -0.39 is 10.0 Å². The molecule has 0 aromatic heterocycles. The van der Waals surface area contributed by atoms with Gasteiger partial charge in [-0.2, -0.15) is 4.31 Å². The maximum absolute atomic E-state index is 12.4. The molecular formula is C14H20N2O3S. The highest BCUT2D eigenvalue weighted by atomic mass is 32.2. The van der Waals surface area contributed by atoms with Crippen molar-refractivity contribution in [2.24, 2.45) is 5.73 Å². The third-order valence-electron chi connectivity index (χ3n) is 2.89. The molecule has 0 fully saturated rings. The molecule has 2 N–H and O–H groups in total. The van der Waals surface area contributed by atoms with Crippen molar-refractivity contribution in [2.75, 3.05) is 27.3 Å². The fourth-order valence-electron chi connectivity index (χ4n) is 1.61. The number of hydrogen-bond donors (Lipinski definition) is 1. The smallest absolute Gasteiger partial charge is 0.243 e. The Kier molecular flexibility index (Phi) is 6.17. The molecule has 1 aromatic carbocycles. The van der Waals surface area contributed by atoms with Crippen molar-refractivity contribution in [3.8, 4) is 11.8 Å². The molecule has 0 saturated carbocycles. The third kappa shape index (κ3) is 4.05. The zero-order chi connectivity index (χ0) is 15.2. The Balaban J connectivity index is 2.98. The number of nitrogens with zero attached hydrogens (tertiary/aromatic N) is 1. The molecule has 1 aromatic rings. The molecule has 0 amide bonds. The van der Waals surface area contributed by atoms with Crippen LogP contribution < -0.4 is 5.73 Å². The van der Waals surface area contributed by atoms with Gasteiger partial charge in [0, 0.05) is 25.8 Å². The normalized spacial score (nSPS) is 12.8. The van der Waals surface area contributed by atoms with Crippen LogP contribution in [0.3, 0.4) is 0 Å². The molecule has 0 aliphatic carbocycles. The summed E-state index contributed by atoms with van der Waals surface area (Å²) in [6.45, 7) is 2.41. The summed E-state index contributed by atoms with van der Waals surface area (Å²) >= 11 is 0. The Hall–Kier alpha value is -1.39. The maximum atomic E-state index is 12.4. The van der Waals surface area contributed by atoms with E-state index in [1.165, 1.54) is 4.31 Å². The molecule has 0 saturated heterocycles.